The fourth-order valence-electron chi connectivity index (χ4n) is 1.16. The number of carboxylic acids is 1. The van der Waals surface area contributed by atoms with Crippen LogP contribution in [0.15, 0.2) is 36.8 Å². The van der Waals surface area contributed by atoms with Crippen LogP contribution in [-0.2, 0) is 4.79 Å². The summed E-state index contributed by atoms with van der Waals surface area (Å²) in [5.41, 5.74) is 0.749. The van der Waals surface area contributed by atoms with Crippen LogP contribution in [0.4, 0.5) is 0 Å². The number of nitrogens with zero attached hydrogens (tertiary/aromatic N) is 2. The number of rotatable bonds is 4. The standard InChI is InChI=1S/C10H6Br2N2O3S/c11-5-1-2-7(12)6(3-5)9-13-14-10(17-9)18-4-8(15)16/h1-3H,4H2,(H,15,16). The van der Waals surface area contributed by atoms with Crippen LogP contribution in [0, 0.1) is 0 Å². The van der Waals surface area contributed by atoms with Crippen LogP contribution >= 0.6 is 43.6 Å². The van der Waals surface area contributed by atoms with Gasteiger partial charge in [-0.05, 0) is 34.1 Å². The molecule has 2 aromatic rings. The Morgan fingerprint density at radius 1 is 1.39 bits per heavy atom. The van der Waals surface area contributed by atoms with Crippen molar-refractivity contribution in [3.05, 3.63) is 27.1 Å². The van der Waals surface area contributed by atoms with Crippen molar-refractivity contribution in [1.82, 2.24) is 10.2 Å². The van der Waals surface area contributed by atoms with Crippen LogP contribution in [0.25, 0.3) is 11.5 Å². The van der Waals surface area contributed by atoms with Crippen molar-refractivity contribution in [3.63, 3.8) is 0 Å². The maximum absolute atomic E-state index is 10.4. The molecule has 0 spiro atoms. The molecule has 0 fully saturated rings. The van der Waals surface area contributed by atoms with Crippen molar-refractivity contribution in [2.75, 3.05) is 5.75 Å². The number of thioether (sulfide) groups is 1. The van der Waals surface area contributed by atoms with Crippen LogP contribution in [0.3, 0.4) is 0 Å². The molecule has 0 unspecified atom stereocenters. The molecule has 2 rings (SSSR count). The first-order chi connectivity index (χ1) is 8.56. The van der Waals surface area contributed by atoms with Crippen LogP contribution in [0.2, 0.25) is 0 Å². The second kappa shape index (κ2) is 5.85. The number of hydrogen-bond donors (Lipinski definition) is 1. The highest BCUT2D eigenvalue weighted by molar-refractivity contribution is 9.11. The highest BCUT2D eigenvalue weighted by Gasteiger charge is 2.13. The minimum atomic E-state index is -0.927. The summed E-state index contributed by atoms with van der Waals surface area (Å²) >= 11 is 7.73. The van der Waals surface area contributed by atoms with E-state index < -0.39 is 5.97 Å². The number of aromatic nitrogens is 2. The van der Waals surface area contributed by atoms with Crippen molar-refractivity contribution in [2.24, 2.45) is 0 Å². The quantitative estimate of drug-likeness (QED) is 0.801. The molecule has 0 radical (unpaired) electrons. The van der Waals surface area contributed by atoms with E-state index in [2.05, 4.69) is 42.1 Å². The Morgan fingerprint density at radius 2 is 2.17 bits per heavy atom. The number of carboxylic acid groups (broad SMARTS) is 1. The molecule has 0 aliphatic carbocycles. The summed E-state index contributed by atoms with van der Waals surface area (Å²) in [7, 11) is 0. The highest BCUT2D eigenvalue weighted by Crippen LogP contribution is 2.31. The summed E-state index contributed by atoms with van der Waals surface area (Å²) in [6, 6.07) is 5.57. The number of benzene rings is 1. The molecule has 0 amide bonds. The first-order valence-corrected chi connectivity index (χ1v) is 7.27. The normalized spacial score (nSPS) is 10.6. The van der Waals surface area contributed by atoms with Gasteiger partial charge in [0.15, 0.2) is 0 Å². The molecule has 0 saturated heterocycles. The fraction of sp³-hybridized carbons (Fsp3) is 0.100. The van der Waals surface area contributed by atoms with Crippen LogP contribution < -0.4 is 0 Å². The largest absolute Gasteiger partial charge is 0.481 e. The molecule has 8 heteroatoms. The smallest absolute Gasteiger partial charge is 0.314 e. The van der Waals surface area contributed by atoms with Gasteiger partial charge in [0.05, 0.1) is 5.56 Å². The van der Waals surface area contributed by atoms with Crippen molar-refractivity contribution < 1.29 is 14.3 Å². The zero-order chi connectivity index (χ0) is 13.1. The zero-order valence-electron chi connectivity index (χ0n) is 8.76. The minimum absolute atomic E-state index is 0.110. The summed E-state index contributed by atoms with van der Waals surface area (Å²) in [6.07, 6.45) is 0. The van der Waals surface area contributed by atoms with Gasteiger partial charge >= 0.3 is 5.97 Å². The van der Waals surface area contributed by atoms with E-state index >= 15 is 0 Å². The van der Waals surface area contributed by atoms with Gasteiger partial charge in [0.1, 0.15) is 5.75 Å². The molecule has 0 saturated carbocycles. The average Bonchev–Trinajstić information content (AvgIpc) is 2.78. The summed E-state index contributed by atoms with van der Waals surface area (Å²) in [5, 5.41) is 16.5. The minimum Gasteiger partial charge on any atom is -0.481 e. The number of hydrogen-bond acceptors (Lipinski definition) is 5. The summed E-state index contributed by atoms with van der Waals surface area (Å²) in [4.78, 5) is 10.4. The first kappa shape index (κ1) is 13.6. The lowest BCUT2D eigenvalue weighted by atomic mass is 10.2. The Kier molecular flexibility index (Phi) is 4.41. The number of aliphatic carboxylic acids is 1. The fourth-order valence-corrected chi connectivity index (χ4v) is 2.42. The Labute approximate surface area is 123 Å². The van der Waals surface area contributed by atoms with Crippen molar-refractivity contribution >= 4 is 49.6 Å². The van der Waals surface area contributed by atoms with E-state index in [1.165, 1.54) is 0 Å². The van der Waals surface area contributed by atoms with Gasteiger partial charge in [0.25, 0.3) is 5.22 Å². The van der Waals surface area contributed by atoms with Gasteiger partial charge in [0.2, 0.25) is 5.89 Å². The third-order valence-corrected chi connectivity index (χ3v) is 3.87. The molecule has 1 aromatic carbocycles. The first-order valence-electron chi connectivity index (χ1n) is 4.70. The maximum Gasteiger partial charge on any atom is 0.314 e. The van der Waals surface area contributed by atoms with Gasteiger partial charge < -0.3 is 9.52 Å². The second-order valence-corrected chi connectivity index (χ2v) is 5.88. The van der Waals surface area contributed by atoms with E-state index in [1.807, 2.05) is 18.2 Å². The molecule has 18 heavy (non-hydrogen) atoms. The number of carbonyl (C=O) groups is 1. The predicted octanol–water partition coefficient (Wildman–Crippen LogP) is 3.44. The Morgan fingerprint density at radius 3 is 2.89 bits per heavy atom. The third-order valence-electron chi connectivity index (χ3n) is 1.88. The number of halogens is 2. The molecule has 5 nitrogen and oxygen atoms in total. The Hall–Kier alpha value is -0.860. The SMILES string of the molecule is O=C(O)CSc1nnc(-c2cc(Br)ccc2Br)o1. The molecule has 1 heterocycles. The van der Waals surface area contributed by atoms with Gasteiger partial charge in [-0.25, -0.2) is 0 Å². The van der Waals surface area contributed by atoms with E-state index in [0.717, 1.165) is 26.3 Å². The molecule has 0 aliphatic rings. The molecule has 0 atom stereocenters. The average molecular weight is 394 g/mol. The molecule has 0 bridgehead atoms. The van der Waals surface area contributed by atoms with E-state index in [9.17, 15) is 4.79 Å². The molecular formula is C10H6Br2N2O3S. The summed E-state index contributed by atoms with van der Waals surface area (Å²) in [5.74, 6) is -0.694. The summed E-state index contributed by atoms with van der Waals surface area (Å²) < 4.78 is 7.09. The van der Waals surface area contributed by atoms with Crippen LogP contribution in [0.1, 0.15) is 0 Å². The van der Waals surface area contributed by atoms with Gasteiger partial charge in [-0.15, -0.1) is 10.2 Å². The maximum atomic E-state index is 10.4. The Balaban J connectivity index is 2.23. The lowest BCUT2D eigenvalue weighted by molar-refractivity contribution is -0.133. The molecular weight excluding hydrogens is 388 g/mol. The molecule has 94 valence electrons. The van der Waals surface area contributed by atoms with Gasteiger partial charge in [-0.2, -0.15) is 0 Å². The van der Waals surface area contributed by atoms with Crippen LogP contribution in [0.5, 0.6) is 0 Å². The van der Waals surface area contributed by atoms with E-state index in [1.54, 1.807) is 0 Å². The van der Waals surface area contributed by atoms with Crippen molar-refractivity contribution in [2.45, 2.75) is 5.22 Å². The van der Waals surface area contributed by atoms with E-state index in [-0.39, 0.29) is 11.0 Å². The monoisotopic (exact) mass is 392 g/mol. The van der Waals surface area contributed by atoms with E-state index in [0.29, 0.717) is 5.89 Å². The Bertz CT molecular complexity index is 588. The van der Waals surface area contributed by atoms with Crippen molar-refractivity contribution in [1.29, 1.82) is 0 Å². The highest BCUT2D eigenvalue weighted by atomic mass is 79.9. The molecule has 1 aromatic heterocycles. The predicted molar refractivity (Wildman–Crippen MR) is 73.5 cm³/mol. The van der Waals surface area contributed by atoms with Gasteiger partial charge in [-0.1, -0.05) is 27.7 Å². The topological polar surface area (TPSA) is 76.2 Å². The lowest BCUT2D eigenvalue weighted by Gasteiger charge is -1.99. The molecule has 0 aliphatic heterocycles. The van der Waals surface area contributed by atoms with Crippen molar-refractivity contribution in [3.8, 4) is 11.5 Å². The second-order valence-electron chi connectivity index (χ2n) is 3.18. The van der Waals surface area contributed by atoms with Gasteiger partial charge in [0, 0.05) is 8.95 Å². The van der Waals surface area contributed by atoms with Crippen LogP contribution in [-0.4, -0.2) is 27.0 Å². The van der Waals surface area contributed by atoms with E-state index in [4.69, 9.17) is 9.52 Å². The molecule has 1 N–H and O–H groups in total. The van der Waals surface area contributed by atoms with Gasteiger partial charge in [-0.3, -0.25) is 4.79 Å². The zero-order valence-corrected chi connectivity index (χ0v) is 12.7. The summed E-state index contributed by atoms with van der Waals surface area (Å²) in [6.45, 7) is 0. The lowest BCUT2D eigenvalue weighted by Crippen LogP contribution is -1.97. The third kappa shape index (κ3) is 3.33.